The van der Waals surface area contributed by atoms with E-state index in [-0.39, 0.29) is 31.1 Å². The van der Waals surface area contributed by atoms with E-state index in [9.17, 15) is 14.4 Å². The van der Waals surface area contributed by atoms with Gasteiger partial charge in [0.1, 0.15) is 0 Å². The Balaban J connectivity index is 1.47. The lowest BCUT2D eigenvalue weighted by atomic mass is 10.0. The van der Waals surface area contributed by atoms with Crippen molar-refractivity contribution in [3.8, 4) is 0 Å². The van der Waals surface area contributed by atoms with Crippen molar-refractivity contribution in [2.75, 3.05) is 6.54 Å². The van der Waals surface area contributed by atoms with Gasteiger partial charge in [-0.3, -0.25) is 14.4 Å². The SMILES string of the molecule is O=C(CCC(=O)c1ccc2c(c1)CCC2)NCC1(C(=O)O)CC1. The first kappa shape index (κ1) is 15.7. The highest BCUT2D eigenvalue weighted by Crippen LogP contribution is 2.45. The van der Waals surface area contributed by atoms with Crippen LogP contribution in [0.4, 0.5) is 0 Å². The number of aliphatic carboxylic acids is 1. The van der Waals surface area contributed by atoms with Crippen LogP contribution in [0.1, 0.15) is 53.6 Å². The minimum atomic E-state index is -0.855. The molecule has 0 saturated heterocycles. The lowest BCUT2D eigenvalue weighted by Gasteiger charge is -2.11. The number of hydrogen-bond acceptors (Lipinski definition) is 3. The third-order valence-corrected chi connectivity index (χ3v) is 4.93. The summed E-state index contributed by atoms with van der Waals surface area (Å²) in [5, 5.41) is 11.7. The average Bonchev–Trinajstić information content (AvgIpc) is 3.20. The minimum absolute atomic E-state index is 0.0331. The zero-order valence-electron chi connectivity index (χ0n) is 13.1. The Kier molecular flexibility index (Phi) is 4.20. The minimum Gasteiger partial charge on any atom is -0.481 e. The van der Waals surface area contributed by atoms with E-state index in [1.807, 2.05) is 18.2 Å². The standard InChI is InChI=1S/C18H21NO4/c20-15(14-5-4-12-2-1-3-13(12)10-14)6-7-16(21)19-11-18(8-9-18)17(22)23/h4-5,10H,1-3,6-9,11H2,(H,19,21)(H,22,23). The van der Waals surface area contributed by atoms with Crippen molar-refractivity contribution in [2.45, 2.75) is 44.9 Å². The fourth-order valence-electron chi connectivity index (χ4n) is 3.09. The van der Waals surface area contributed by atoms with Gasteiger partial charge in [0.2, 0.25) is 5.91 Å². The highest BCUT2D eigenvalue weighted by molar-refractivity contribution is 5.98. The molecule has 1 fully saturated rings. The number of Topliss-reactive ketones (excluding diaryl/α,β-unsaturated/α-hetero) is 1. The van der Waals surface area contributed by atoms with E-state index in [4.69, 9.17) is 5.11 Å². The van der Waals surface area contributed by atoms with E-state index in [1.165, 1.54) is 11.1 Å². The molecule has 0 aliphatic heterocycles. The molecule has 0 unspecified atom stereocenters. The highest BCUT2D eigenvalue weighted by Gasteiger charge is 2.50. The van der Waals surface area contributed by atoms with Crippen LogP contribution >= 0.6 is 0 Å². The molecule has 1 saturated carbocycles. The van der Waals surface area contributed by atoms with Gasteiger partial charge in [0.15, 0.2) is 5.78 Å². The number of aryl methyl sites for hydroxylation is 2. The average molecular weight is 315 g/mol. The van der Waals surface area contributed by atoms with Gasteiger partial charge in [0, 0.05) is 24.9 Å². The van der Waals surface area contributed by atoms with Crippen molar-refractivity contribution < 1.29 is 19.5 Å². The smallest absolute Gasteiger partial charge is 0.311 e. The molecule has 2 aliphatic rings. The normalized spacial score (nSPS) is 17.4. The zero-order chi connectivity index (χ0) is 16.4. The Morgan fingerprint density at radius 2 is 1.83 bits per heavy atom. The molecule has 0 atom stereocenters. The van der Waals surface area contributed by atoms with Crippen LogP contribution in [0.15, 0.2) is 18.2 Å². The van der Waals surface area contributed by atoms with Crippen LogP contribution in [0.3, 0.4) is 0 Å². The first-order valence-electron chi connectivity index (χ1n) is 8.15. The molecule has 0 spiro atoms. The van der Waals surface area contributed by atoms with E-state index in [0.29, 0.717) is 18.4 Å². The highest BCUT2D eigenvalue weighted by atomic mass is 16.4. The lowest BCUT2D eigenvalue weighted by molar-refractivity contribution is -0.143. The summed E-state index contributed by atoms with van der Waals surface area (Å²) in [5.74, 6) is -1.15. The van der Waals surface area contributed by atoms with Crippen molar-refractivity contribution in [3.05, 3.63) is 34.9 Å². The number of benzene rings is 1. The van der Waals surface area contributed by atoms with Gasteiger partial charge >= 0.3 is 5.97 Å². The first-order chi connectivity index (χ1) is 11.0. The van der Waals surface area contributed by atoms with E-state index >= 15 is 0 Å². The van der Waals surface area contributed by atoms with Crippen LogP contribution in [0.5, 0.6) is 0 Å². The zero-order valence-corrected chi connectivity index (χ0v) is 13.1. The molecular formula is C18H21NO4. The van der Waals surface area contributed by atoms with Gasteiger partial charge in [-0.05, 0) is 49.3 Å². The second kappa shape index (κ2) is 6.14. The van der Waals surface area contributed by atoms with Gasteiger partial charge in [0.05, 0.1) is 5.41 Å². The number of carbonyl (C=O) groups is 3. The summed E-state index contributed by atoms with van der Waals surface area (Å²) >= 11 is 0. The number of hydrogen-bond donors (Lipinski definition) is 2. The van der Waals surface area contributed by atoms with Gasteiger partial charge in [-0.15, -0.1) is 0 Å². The molecule has 23 heavy (non-hydrogen) atoms. The monoisotopic (exact) mass is 315 g/mol. The molecule has 0 radical (unpaired) electrons. The Bertz CT molecular complexity index is 661. The maximum atomic E-state index is 12.2. The molecule has 2 aliphatic carbocycles. The molecule has 1 aromatic rings. The lowest BCUT2D eigenvalue weighted by Crippen LogP contribution is -2.34. The van der Waals surface area contributed by atoms with E-state index in [1.54, 1.807) is 0 Å². The largest absolute Gasteiger partial charge is 0.481 e. The van der Waals surface area contributed by atoms with Crippen LogP contribution < -0.4 is 5.32 Å². The van der Waals surface area contributed by atoms with Gasteiger partial charge < -0.3 is 10.4 Å². The molecule has 0 heterocycles. The van der Waals surface area contributed by atoms with E-state index in [2.05, 4.69) is 5.32 Å². The van der Waals surface area contributed by atoms with Crippen molar-refractivity contribution in [2.24, 2.45) is 5.41 Å². The van der Waals surface area contributed by atoms with Gasteiger partial charge in [-0.2, -0.15) is 0 Å². The quantitative estimate of drug-likeness (QED) is 0.755. The predicted octanol–water partition coefficient (Wildman–Crippen LogP) is 2.12. The fraction of sp³-hybridized carbons (Fsp3) is 0.500. The summed E-state index contributed by atoms with van der Waals surface area (Å²) in [7, 11) is 0. The first-order valence-corrected chi connectivity index (χ1v) is 8.15. The van der Waals surface area contributed by atoms with Gasteiger partial charge in [-0.1, -0.05) is 12.1 Å². The topological polar surface area (TPSA) is 83.5 Å². The number of nitrogens with one attached hydrogen (secondary N) is 1. The van der Waals surface area contributed by atoms with Crippen LogP contribution in [-0.4, -0.2) is 29.3 Å². The Morgan fingerprint density at radius 3 is 2.52 bits per heavy atom. The second-order valence-electron chi connectivity index (χ2n) is 6.62. The number of carbonyl (C=O) groups excluding carboxylic acids is 2. The number of carboxylic acid groups (broad SMARTS) is 1. The second-order valence-corrected chi connectivity index (χ2v) is 6.62. The molecule has 5 nitrogen and oxygen atoms in total. The Morgan fingerprint density at radius 1 is 1.09 bits per heavy atom. The summed E-state index contributed by atoms with van der Waals surface area (Å²) in [6, 6.07) is 5.81. The number of amides is 1. The molecule has 5 heteroatoms. The van der Waals surface area contributed by atoms with Gasteiger partial charge in [0.25, 0.3) is 0 Å². The van der Waals surface area contributed by atoms with Crippen molar-refractivity contribution in [3.63, 3.8) is 0 Å². The summed E-state index contributed by atoms with van der Waals surface area (Å²) in [4.78, 5) is 35.0. The molecule has 3 rings (SSSR count). The Hall–Kier alpha value is -2.17. The maximum absolute atomic E-state index is 12.2. The van der Waals surface area contributed by atoms with Crippen LogP contribution in [-0.2, 0) is 22.4 Å². The van der Waals surface area contributed by atoms with E-state index < -0.39 is 11.4 Å². The van der Waals surface area contributed by atoms with Crippen LogP contribution in [0.25, 0.3) is 0 Å². The van der Waals surface area contributed by atoms with Crippen LogP contribution in [0, 0.1) is 5.41 Å². The summed E-state index contributed by atoms with van der Waals surface area (Å²) in [5.41, 5.74) is 2.47. The van der Waals surface area contributed by atoms with Crippen molar-refractivity contribution in [1.82, 2.24) is 5.32 Å². The van der Waals surface area contributed by atoms with Crippen molar-refractivity contribution >= 4 is 17.7 Å². The third-order valence-electron chi connectivity index (χ3n) is 4.93. The Labute approximate surface area is 135 Å². The van der Waals surface area contributed by atoms with E-state index in [0.717, 1.165) is 19.3 Å². The summed E-state index contributed by atoms with van der Waals surface area (Å²) < 4.78 is 0. The van der Waals surface area contributed by atoms with Crippen molar-refractivity contribution in [1.29, 1.82) is 0 Å². The summed E-state index contributed by atoms with van der Waals surface area (Å²) in [6.07, 6.45) is 4.72. The molecule has 1 aromatic carbocycles. The number of ketones is 1. The van der Waals surface area contributed by atoms with Crippen LogP contribution in [0.2, 0.25) is 0 Å². The number of rotatable bonds is 7. The predicted molar refractivity (Wildman–Crippen MR) is 84.3 cm³/mol. The molecule has 2 N–H and O–H groups in total. The fourth-order valence-corrected chi connectivity index (χ4v) is 3.09. The van der Waals surface area contributed by atoms with Gasteiger partial charge in [-0.25, -0.2) is 0 Å². The maximum Gasteiger partial charge on any atom is 0.311 e. The molecular weight excluding hydrogens is 294 g/mol. The molecule has 1 amide bonds. The molecule has 0 bridgehead atoms. The third kappa shape index (κ3) is 3.44. The molecule has 122 valence electrons. The number of carboxylic acids is 1. The number of fused-ring (bicyclic) bond motifs is 1. The summed E-state index contributed by atoms with van der Waals surface area (Å²) in [6.45, 7) is 0.161. The molecule has 0 aromatic heterocycles.